The van der Waals surface area contributed by atoms with Gasteiger partial charge in [-0.1, -0.05) is 54.1 Å². The summed E-state index contributed by atoms with van der Waals surface area (Å²) in [6, 6.07) is 18.4. The fourth-order valence-corrected chi connectivity index (χ4v) is 2.65. The van der Waals surface area contributed by atoms with Crippen LogP contribution < -0.4 is 0 Å². The van der Waals surface area contributed by atoms with Crippen molar-refractivity contribution in [2.75, 3.05) is 13.2 Å². The maximum atomic E-state index is 6.06. The third-order valence-corrected chi connectivity index (χ3v) is 3.58. The molecule has 0 N–H and O–H groups in total. The van der Waals surface area contributed by atoms with Crippen LogP contribution in [-0.2, 0) is 11.3 Å². The summed E-state index contributed by atoms with van der Waals surface area (Å²) >= 11 is 6.06. The van der Waals surface area contributed by atoms with Gasteiger partial charge in [0, 0.05) is 18.1 Å². The molecule has 1 atom stereocenters. The second-order valence-electron chi connectivity index (χ2n) is 4.73. The number of ether oxygens (including phenoxy) is 1. The largest absolute Gasteiger partial charge is 0.357 e. The van der Waals surface area contributed by atoms with Gasteiger partial charge in [-0.3, -0.25) is 4.90 Å². The van der Waals surface area contributed by atoms with Gasteiger partial charge >= 0.3 is 0 Å². The summed E-state index contributed by atoms with van der Waals surface area (Å²) in [5.74, 6) is 0. The fraction of sp³-hybridized carbons (Fsp3) is 0.250. The molecule has 3 heteroatoms. The van der Waals surface area contributed by atoms with Crippen LogP contribution in [0.15, 0.2) is 54.6 Å². The zero-order valence-corrected chi connectivity index (χ0v) is 11.4. The maximum Gasteiger partial charge on any atom is 0.137 e. The van der Waals surface area contributed by atoms with Crippen LogP contribution in [0.2, 0.25) is 5.02 Å². The van der Waals surface area contributed by atoms with E-state index >= 15 is 0 Å². The summed E-state index contributed by atoms with van der Waals surface area (Å²) in [5, 5.41) is 0.757. The molecule has 1 heterocycles. The van der Waals surface area contributed by atoms with Gasteiger partial charge in [-0.25, -0.2) is 0 Å². The summed E-state index contributed by atoms with van der Waals surface area (Å²) in [6.45, 7) is 2.62. The Hall–Kier alpha value is -1.35. The van der Waals surface area contributed by atoms with Crippen molar-refractivity contribution in [3.63, 3.8) is 0 Å². The minimum Gasteiger partial charge on any atom is -0.357 e. The van der Waals surface area contributed by atoms with Crippen molar-refractivity contribution in [1.82, 2.24) is 4.90 Å². The first kappa shape index (κ1) is 12.7. The number of hydrogen-bond acceptors (Lipinski definition) is 2. The number of halogens is 1. The molecule has 1 unspecified atom stereocenters. The molecule has 0 radical (unpaired) electrons. The van der Waals surface area contributed by atoms with E-state index in [0.717, 1.165) is 30.3 Å². The first-order chi connectivity index (χ1) is 9.33. The molecule has 98 valence electrons. The summed E-state index contributed by atoms with van der Waals surface area (Å²) in [5.41, 5.74) is 2.43. The second kappa shape index (κ2) is 5.74. The van der Waals surface area contributed by atoms with Gasteiger partial charge in [0.15, 0.2) is 0 Å². The van der Waals surface area contributed by atoms with E-state index in [1.165, 1.54) is 5.56 Å². The Kier molecular flexibility index (Phi) is 3.83. The third-order valence-electron chi connectivity index (χ3n) is 3.35. The molecule has 2 aromatic carbocycles. The molecule has 19 heavy (non-hydrogen) atoms. The topological polar surface area (TPSA) is 12.5 Å². The first-order valence-corrected chi connectivity index (χ1v) is 6.86. The number of benzene rings is 2. The molecule has 0 bridgehead atoms. The Balaban J connectivity index is 1.78. The summed E-state index contributed by atoms with van der Waals surface area (Å²) in [6.07, 6.45) is 0.0129. The highest BCUT2D eigenvalue weighted by molar-refractivity contribution is 6.30. The second-order valence-corrected chi connectivity index (χ2v) is 5.17. The van der Waals surface area contributed by atoms with E-state index in [2.05, 4.69) is 35.2 Å². The van der Waals surface area contributed by atoms with E-state index in [4.69, 9.17) is 16.3 Å². The van der Waals surface area contributed by atoms with Crippen LogP contribution in [-0.4, -0.2) is 18.1 Å². The highest BCUT2D eigenvalue weighted by Crippen LogP contribution is 2.29. The maximum absolute atomic E-state index is 6.06. The zero-order chi connectivity index (χ0) is 13.1. The Bertz CT molecular complexity index is 543. The van der Waals surface area contributed by atoms with E-state index in [-0.39, 0.29) is 6.23 Å². The average molecular weight is 274 g/mol. The molecule has 3 rings (SSSR count). The van der Waals surface area contributed by atoms with Gasteiger partial charge in [-0.2, -0.15) is 0 Å². The molecule has 0 spiro atoms. The lowest BCUT2D eigenvalue weighted by Crippen LogP contribution is -2.23. The molecule has 1 fully saturated rings. The predicted molar refractivity (Wildman–Crippen MR) is 77.0 cm³/mol. The molecular formula is C16H16ClNO. The van der Waals surface area contributed by atoms with Crippen LogP contribution in [0.4, 0.5) is 0 Å². The first-order valence-electron chi connectivity index (χ1n) is 6.48. The van der Waals surface area contributed by atoms with E-state index in [1.807, 2.05) is 24.3 Å². The normalized spacial score (nSPS) is 19.7. The summed E-state index contributed by atoms with van der Waals surface area (Å²) in [4.78, 5) is 2.33. The Morgan fingerprint density at radius 1 is 1.11 bits per heavy atom. The van der Waals surface area contributed by atoms with Crippen molar-refractivity contribution in [2.45, 2.75) is 12.8 Å². The van der Waals surface area contributed by atoms with Crippen LogP contribution in [0.1, 0.15) is 17.4 Å². The quantitative estimate of drug-likeness (QED) is 0.842. The molecule has 0 saturated carbocycles. The van der Waals surface area contributed by atoms with Crippen LogP contribution in [0, 0.1) is 0 Å². The van der Waals surface area contributed by atoms with Crippen molar-refractivity contribution in [2.24, 2.45) is 0 Å². The fourth-order valence-electron chi connectivity index (χ4n) is 2.45. The van der Waals surface area contributed by atoms with Gasteiger partial charge in [-0.15, -0.1) is 0 Å². The third kappa shape index (κ3) is 2.98. The number of rotatable bonds is 3. The summed E-state index contributed by atoms with van der Waals surface area (Å²) in [7, 11) is 0. The highest BCUT2D eigenvalue weighted by Gasteiger charge is 2.26. The van der Waals surface area contributed by atoms with E-state index in [9.17, 15) is 0 Å². The van der Waals surface area contributed by atoms with Crippen molar-refractivity contribution in [3.8, 4) is 0 Å². The Morgan fingerprint density at radius 3 is 2.74 bits per heavy atom. The van der Waals surface area contributed by atoms with Crippen molar-refractivity contribution in [1.29, 1.82) is 0 Å². The van der Waals surface area contributed by atoms with Crippen LogP contribution in [0.25, 0.3) is 0 Å². The minimum absolute atomic E-state index is 0.0129. The zero-order valence-electron chi connectivity index (χ0n) is 10.6. The van der Waals surface area contributed by atoms with Gasteiger partial charge < -0.3 is 4.74 Å². The van der Waals surface area contributed by atoms with E-state index in [0.29, 0.717) is 0 Å². The smallest absolute Gasteiger partial charge is 0.137 e. The van der Waals surface area contributed by atoms with Crippen molar-refractivity contribution in [3.05, 3.63) is 70.7 Å². The molecule has 1 aliphatic rings. The molecule has 0 aliphatic carbocycles. The molecule has 0 amide bonds. The Morgan fingerprint density at radius 2 is 1.95 bits per heavy atom. The standard InChI is InChI=1S/C16H16ClNO/c17-15-8-4-7-14(11-15)16-18(9-10-19-16)12-13-5-2-1-3-6-13/h1-8,11,16H,9-10,12H2. The lowest BCUT2D eigenvalue weighted by Gasteiger charge is -2.23. The highest BCUT2D eigenvalue weighted by atomic mass is 35.5. The lowest BCUT2D eigenvalue weighted by atomic mass is 10.1. The van der Waals surface area contributed by atoms with Gasteiger partial charge in [0.2, 0.25) is 0 Å². The van der Waals surface area contributed by atoms with Gasteiger partial charge in [0.05, 0.1) is 6.61 Å². The molecule has 2 nitrogen and oxygen atoms in total. The predicted octanol–water partition coefficient (Wildman–Crippen LogP) is 3.87. The Labute approximate surface area is 118 Å². The average Bonchev–Trinajstić information content (AvgIpc) is 2.88. The van der Waals surface area contributed by atoms with Crippen LogP contribution >= 0.6 is 11.6 Å². The monoisotopic (exact) mass is 273 g/mol. The van der Waals surface area contributed by atoms with Crippen molar-refractivity contribution < 1.29 is 4.74 Å². The minimum atomic E-state index is 0.0129. The molecular weight excluding hydrogens is 258 g/mol. The molecule has 1 saturated heterocycles. The molecule has 0 aromatic heterocycles. The molecule has 1 aliphatic heterocycles. The van der Waals surface area contributed by atoms with Crippen LogP contribution in [0.3, 0.4) is 0 Å². The lowest BCUT2D eigenvalue weighted by molar-refractivity contribution is 0.0288. The van der Waals surface area contributed by atoms with E-state index < -0.39 is 0 Å². The van der Waals surface area contributed by atoms with Gasteiger partial charge in [-0.05, 0) is 23.3 Å². The van der Waals surface area contributed by atoms with Gasteiger partial charge in [0.1, 0.15) is 6.23 Å². The number of hydrogen-bond donors (Lipinski definition) is 0. The van der Waals surface area contributed by atoms with E-state index in [1.54, 1.807) is 0 Å². The summed E-state index contributed by atoms with van der Waals surface area (Å²) < 4.78 is 5.85. The van der Waals surface area contributed by atoms with Gasteiger partial charge in [0.25, 0.3) is 0 Å². The number of nitrogens with zero attached hydrogens (tertiary/aromatic N) is 1. The van der Waals surface area contributed by atoms with Crippen LogP contribution in [0.5, 0.6) is 0 Å². The van der Waals surface area contributed by atoms with Crippen molar-refractivity contribution >= 4 is 11.6 Å². The SMILES string of the molecule is Clc1cccc(C2OCCN2Cc2ccccc2)c1. The molecule has 2 aromatic rings.